The molecule has 5 nitrogen and oxygen atoms in total. The summed E-state index contributed by atoms with van der Waals surface area (Å²) in [4.78, 5) is 13.5. The number of carbonyl (C=O) groups is 1. The zero-order chi connectivity index (χ0) is 14.6. The normalized spacial score (nSPS) is 12.5. The summed E-state index contributed by atoms with van der Waals surface area (Å²) >= 11 is 0. The van der Waals surface area contributed by atoms with Gasteiger partial charge >= 0.3 is 0 Å². The monoisotopic (exact) mass is 280 g/mol. The van der Waals surface area contributed by atoms with Gasteiger partial charge in [0, 0.05) is 24.9 Å². The molecular formula is C13H16N2O3S. The van der Waals surface area contributed by atoms with E-state index in [0.29, 0.717) is 11.1 Å². The number of nitrogens with zero attached hydrogens (tertiary/aromatic N) is 2. The zero-order valence-electron chi connectivity index (χ0n) is 11.1. The van der Waals surface area contributed by atoms with Crippen LogP contribution in [-0.2, 0) is 9.84 Å². The maximum Gasteiger partial charge on any atom is 0.253 e. The van der Waals surface area contributed by atoms with Crippen molar-refractivity contribution in [2.45, 2.75) is 13.0 Å². The number of amides is 1. The topological polar surface area (TPSA) is 78.2 Å². The van der Waals surface area contributed by atoms with Gasteiger partial charge in [-0.15, -0.1) is 0 Å². The summed E-state index contributed by atoms with van der Waals surface area (Å²) in [6.07, 6.45) is 1.14. The number of hydrogen-bond acceptors (Lipinski definition) is 4. The molecule has 19 heavy (non-hydrogen) atoms. The van der Waals surface area contributed by atoms with E-state index in [9.17, 15) is 13.2 Å². The lowest BCUT2D eigenvalue weighted by atomic mass is 10.1. The molecule has 0 fully saturated rings. The van der Waals surface area contributed by atoms with Crippen molar-refractivity contribution in [1.29, 1.82) is 5.26 Å². The molecule has 0 aliphatic carbocycles. The van der Waals surface area contributed by atoms with Crippen molar-refractivity contribution in [3.8, 4) is 6.07 Å². The molecule has 1 aromatic carbocycles. The van der Waals surface area contributed by atoms with E-state index in [1.807, 2.05) is 6.07 Å². The molecule has 1 rings (SSSR count). The molecule has 0 N–H and O–H groups in total. The first-order valence-corrected chi connectivity index (χ1v) is 7.75. The lowest BCUT2D eigenvalue weighted by Gasteiger charge is -2.24. The van der Waals surface area contributed by atoms with Gasteiger partial charge in [0.25, 0.3) is 5.91 Å². The molecule has 0 saturated carbocycles. The minimum Gasteiger partial charge on any atom is -0.338 e. The van der Waals surface area contributed by atoms with Gasteiger partial charge in [0.1, 0.15) is 9.84 Å². The van der Waals surface area contributed by atoms with Gasteiger partial charge in [0.15, 0.2) is 0 Å². The number of nitriles is 1. The number of sulfone groups is 1. The molecule has 0 unspecified atom stereocenters. The Morgan fingerprint density at radius 2 is 1.89 bits per heavy atom. The number of hydrogen-bond donors (Lipinski definition) is 0. The lowest BCUT2D eigenvalue weighted by Crippen LogP contribution is -2.39. The van der Waals surface area contributed by atoms with E-state index in [1.54, 1.807) is 38.2 Å². The number of benzene rings is 1. The van der Waals surface area contributed by atoms with E-state index in [1.165, 1.54) is 4.90 Å². The molecule has 0 spiro atoms. The standard InChI is InChI=1S/C13H16N2O3S/c1-10(9-19(3,17)18)15(2)13(16)12-6-4-11(8-14)5-7-12/h4-7,10H,9H2,1-3H3/t10-/m1/s1. The van der Waals surface area contributed by atoms with Crippen LogP contribution in [0.25, 0.3) is 0 Å². The predicted octanol–water partition coefficient (Wildman–Crippen LogP) is 1.06. The second kappa shape index (κ2) is 5.85. The van der Waals surface area contributed by atoms with Gasteiger partial charge in [-0.3, -0.25) is 4.79 Å². The first-order valence-electron chi connectivity index (χ1n) is 5.69. The van der Waals surface area contributed by atoms with Crippen LogP contribution in [0.2, 0.25) is 0 Å². The van der Waals surface area contributed by atoms with Gasteiger partial charge in [-0.25, -0.2) is 8.42 Å². The molecule has 0 bridgehead atoms. The van der Waals surface area contributed by atoms with Crippen molar-refractivity contribution < 1.29 is 13.2 Å². The fourth-order valence-corrected chi connectivity index (χ4v) is 2.74. The third kappa shape index (κ3) is 4.38. The Balaban J connectivity index is 2.84. The van der Waals surface area contributed by atoms with Gasteiger partial charge in [-0.1, -0.05) is 0 Å². The van der Waals surface area contributed by atoms with Crippen molar-refractivity contribution in [3.05, 3.63) is 35.4 Å². The molecule has 0 saturated heterocycles. The Labute approximate surface area is 113 Å². The Morgan fingerprint density at radius 3 is 2.32 bits per heavy atom. The van der Waals surface area contributed by atoms with E-state index in [-0.39, 0.29) is 11.7 Å². The Bertz CT molecular complexity index is 600. The molecule has 0 aromatic heterocycles. The second-order valence-electron chi connectivity index (χ2n) is 4.55. The van der Waals surface area contributed by atoms with Crippen LogP contribution in [0.4, 0.5) is 0 Å². The summed E-state index contributed by atoms with van der Waals surface area (Å²) in [5.74, 6) is -0.341. The summed E-state index contributed by atoms with van der Waals surface area (Å²) in [5, 5.41) is 8.68. The van der Waals surface area contributed by atoms with Gasteiger partial charge in [-0.2, -0.15) is 5.26 Å². The highest BCUT2D eigenvalue weighted by Crippen LogP contribution is 2.09. The smallest absolute Gasteiger partial charge is 0.253 e. The molecule has 0 heterocycles. The Morgan fingerprint density at radius 1 is 1.37 bits per heavy atom. The summed E-state index contributed by atoms with van der Waals surface area (Å²) in [6.45, 7) is 1.68. The first-order chi connectivity index (χ1) is 8.74. The average Bonchev–Trinajstić information content (AvgIpc) is 2.35. The van der Waals surface area contributed by atoms with Crippen molar-refractivity contribution in [2.24, 2.45) is 0 Å². The molecule has 0 aliphatic rings. The maximum absolute atomic E-state index is 12.1. The average molecular weight is 280 g/mol. The molecule has 1 atom stereocenters. The van der Waals surface area contributed by atoms with E-state index in [0.717, 1.165) is 6.26 Å². The van der Waals surface area contributed by atoms with Crippen LogP contribution < -0.4 is 0 Å². The number of carbonyl (C=O) groups excluding carboxylic acids is 1. The highest BCUT2D eigenvalue weighted by Gasteiger charge is 2.20. The van der Waals surface area contributed by atoms with Crippen molar-refractivity contribution >= 4 is 15.7 Å². The summed E-state index contributed by atoms with van der Waals surface area (Å²) in [7, 11) is -1.57. The summed E-state index contributed by atoms with van der Waals surface area (Å²) in [5.41, 5.74) is 0.908. The largest absolute Gasteiger partial charge is 0.338 e. The van der Waals surface area contributed by atoms with Gasteiger partial charge < -0.3 is 4.90 Å². The van der Waals surface area contributed by atoms with Crippen LogP contribution in [0, 0.1) is 11.3 Å². The van der Waals surface area contributed by atoms with E-state index >= 15 is 0 Å². The van der Waals surface area contributed by atoms with Crippen LogP contribution >= 0.6 is 0 Å². The molecule has 0 radical (unpaired) electrons. The molecule has 0 aliphatic heterocycles. The van der Waals surface area contributed by atoms with Gasteiger partial charge in [0.2, 0.25) is 0 Å². The SMILES string of the molecule is C[C@H](CS(C)(=O)=O)N(C)C(=O)c1ccc(C#N)cc1. The molecule has 102 valence electrons. The van der Waals surface area contributed by atoms with Crippen LogP contribution in [-0.4, -0.2) is 44.3 Å². The fourth-order valence-electron chi connectivity index (χ4n) is 1.64. The van der Waals surface area contributed by atoms with Crippen molar-refractivity contribution in [3.63, 3.8) is 0 Å². The highest BCUT2D eigenvalue weighted by molar-refractivity contribution is 7.90. The second-order valence-corrected chi connectivity index (χ2v) is 6.73. The van der Waals surface area contributed by atoms with Gasteiger partial charge in [0.05, 0.1) is 17.4 Å². The summed E-state index contributed by atoms with van der Waals surface area (Å²) < 4.78 is 22.4. The van der Waals surface area contributed by atoms with Crippen molar-refractivity contribution in [2.75, 3.05) is 19.1 Å². The van der Waals surface area contributed by atoms with E-state index < -0.39 is 15.9 Å². The third-order valence-corrected chi connectivity index (χ3v) is 3.87. The van der Waals surface area contributed by atoms with Crippen molar-refractivity contribution in [1.82, 2.24) is 4.90 Å². The minimum absolute atomic E-state index is 0.0779. The van der Waals surface area contributed by atoms with Crippen LogP contribution in [0.1, 0.15) is 22.8 Å². The molecular weight excluding hydrogens is 264 g/mol. The molecule has 1 amide bonds. The highest BCUT2D eigenvalue weighted by atomic mass is 32.2. The molecule has 6 heteroatoms. The Kier molecular flexibility index (Phi) is 4.67. The summed E-state index contributed by atoms with van der Waals surface area (Å²) in [6, 6.07) is 7.80. The van der Waals surface area contributed by atoms with Crippen LogP contribution in [0.5, 0.6) is 0 Å². The van der Waals surface area contributed by atoms with E-state index in [2.05, 4.69) is 0 Å². The third-order valence-electron chi connectivity index (χ3n) is 2.79. The fraction of sp³-hybridized carbons (Fsp3) is 0.385. The van der Waals surface area contributed by atoms with E-state index in [4.69, 9.17) is 5.26 Å². The Hall–Kier alpha value is -1.87. The lowest BCUT2D eigenvalue weighted by molar-refractivity contribution is 0.0757. The van der Waals surface area contributed by atoms with Crippen LogP contribution in [0.3, 0.4) is 0 Å². The zero-order valence-corrected chi connectivity index (χ0v) is 11.9. The van der Waals surface area contributed by atoms with Crippen LogP contribution in [0.15, 0.2) is 24.3 Å². The quantitative estimate of drug-likeness (QED) is 0.826. The van der Waals surface area contributed by atoms with Gasteiger partial charge in [-0.05, 0) is 31.2 Å². The maximum atomic E-state index is 12.1. The predicted molar refractivity (Wildman–Crippen MR) is 72.4 cm³/mol. The minimum atomic E-state index is -3.13. The first kappa shape index (κ1) is 15.2. The molecule has 1 aromatic rings. The number of rotatable bonds is 4.